The van der Waals surface area contributed by atoms with Gasteiger partial charge in [0, 0.05) is 11.8 Å². The van der Waals surface area contributed by atoms with Gasteiger partial charge in [-0.25, -0.2) is 4.98 Å². The third-order valence-electron chi connectivity index (χ3n) is 3.53. The van der Waals surface area contributed by atoms with E-state index in [1.165, 1.54) is 6.07 Å². The summed E-state index contributed by atoms with van der Waals surface area (Å²) >= 11 is 6.35. The van der Waals surface area contributed by atoms with Gasteiger partial charge in [0.2, 0.25) is 0 Å². The van der Waals surface area contributed by atoms with E-state index in [4.69, 9.17) is 16.3 Å². The number of rotatable bonds is 3. The van der Waals surface area contributed by atoms with Crippen molar-refractivity contribution in [2.75, 3.05) is 7.11 Å². The Balaban J connectivity index is 2.05. The molecule has 2 aromatic heterocycles. The van der Waals surface area contributed by atoms with Crippen LogP contribution < -0.4 is 10.3 Å². The second-order valence-corrected chi connectivity index (χ2v) is 5.51. The molecule has 0 amide bonds. The number of aromatic nitrogens is 2. The van der Waals surface area contributed by atoms with Gasteiger partial charge in [0.05, 0.1) is 17.8 Å². The molecular weight excluding hydrogens is 312 g/mol. The van der Waals surface area contributed by atoms with Gasteiger partial charge >= 0.3 is 0 Å². The molecule has 3 aromatic rings. The first kappa shape index (κ1) is 15.3. The minimum atomic E-state index is -0.149. The van der Waals surface area contributed by atoms with E-state index in [0.717, 1.165) is 17.0 Å². The number of pyridine rings is 1. The molecule has 1 aromatic carbocycles. The molecule has 0 aliphatic rings. The van der Waals surface area contributed by atoms with Gasteiger partial charge in [0.15, 0.2) is 0 Å². The summed E-state index contributed by atoms with van der Waals surface area (Å²) in [7, 11) is 1.62. The lowest BCUT2D eigenvalue weighted by Gasteiger charge is -2.06. The van der Waals surface area contributed by atoms with E-state index >= 15 is 0 Å². The van der Waals surface area contributed by atoms with E-state index in [1.54, 1.807) is 23.7 Å². The average Bonchev–Trinajstić information content (AvgIpc) is 2.55. The number of fused-ring (bicyclic) bond motifs is 1. The summed E-state index contributed by atoms with van der Waals surface area (Å²) in [5.74, 6) is 0.774. The Morgan fingerprint density at radius 3 is 2.65 bits per heavy atom. The van der Waals surface area contributed by atoms with Gasteiger partial charge in [-0.2, -0.15) is 0 Å². The van der Waals surface area contributed by atoms with E-state index < -0.39 is 0 Å². The number of methoxy groups -OCH3 is 1. The third-order valence-corrected chi connectivity index (χ3v) is 3.84. The van der Waals surface area contributed by atoms with Crippen LogP contribution in [0.2, 0.25) is 0 Å². The number of hydrogen-bond donors (Lipinski definition) is 0. The van der Waals surface area contributed by atoms with E-state index in [9.17, 15) is 4.79 Å². The molecule has 0 spiro atoms. The van der Waals surface area contributed by atoms with Crippen molar-refractivity contribution in [3.8, 4) is 5.75 Å². The van der Waals surface area contributed by atoms with Gasteiger partial charge in [-0.15, -0.1) is 0 Å². The summed E-state index contributed by atoms with van der Waals surface area (Å²) in [6.45, 7) is 1.87. The van der Waals surface area contributed by atoms with Crippen molar-refractivity contribution in [1.29, 1.82) is 0 Å². The maximum atomic E-state index is 12.3. The molecule has 0 unspecified atom stereocenters. The van der Waals surface area contributed by atoms with Crippen molar-refractivity contribution in [2.45, 2.75) is 6.92 Å². The second kappa shape index (κ2) is 6.26. The van der Waals surface area contributed by atoms with Crippen molar-refractivity contribution in [2.24, 2.45) is 0 Å². The zero-order valence-corrected chi connectivity index (χ0v) is 13.5. The van der Waals surface area contributed by atoms with Crippen molar-refractivity contribution >= 4 is 28.4 Å². The number of hydrogen-bond acceptors (Lipinski definition) is 3. The number of aryl methyl sites for hydroxylation is 1. The topological polar surface area (TPSA) is 43.6 Å². The first-order valence-corrected chi connectivity index (χ1v) is 7.47. The summed E-state index contributed by atoms with van der Waals surface area (Å²) in [5.41, 5.74) is 2.63. The summed E-state index contributed by atoms with van der Waals surface area (Å²) in [5, 5.41) is 0.413. The lowest BCUT2D eigenvalue weighted by molar-refractivity contribution is 0.415. The van der Waals surface area contributed by atoms with E-state index in [0.29, 0.717) is 16.4 Å². The van der Waals surface area contributed by atoms with Gasteiger partial charge in [-0.1, -0.05) is 29.8 Å². The predicted molar refractivity (Wildman–Crippen MR) is 92.9 cm³/mol. The SMILES string of the molecule is COc1ccc(/C=C(\Cl)c2cc(=O)n3c(C)cccc3n2)cc1. The maximum absolute atomic E-state index is 12.3. The van der Waals surface area contributed by atoms with Crippen LogP contribution in [0, 0.1) is 6.92 Å². The molecule has 0 aliphatic carbocycles. The normalized spacial score (nSPS) is 11.7. The van der Waals surface area contributed by atoms with Gasteiger partial charge in [0.1, 0.15) is 11.4 Å². The molecule has 0 fully saturated rings. The van der Waals surface area contributed by atoms with Gasteiger partial charge in [-0.05, 0) is 42.8 Å². The van der Waals surface area contributed by atoms with E-state index in [-0.39, 0.29) is 5.56 Å². The second-order valence-electron chi connectivity index (χ2n) is 5.11. The fourth-order valence-corrected chi connectivity index (χ4v) is 2.58. The lowest BCUT2D eigenvalue weighted by atomic mass is 10.2. The zero-order chi connectivity index (χ0) is 16.4. The van der Waals surface area contributed by atoms with Crippen LogP contribution in [0.4, 0.5) is 0 Å². The minimum Gasteiger partial charge on any atom is -0.497 e. The standard InChI is InChI=1S/C18H15ClN2O2/c1-12-4-3-5-17-20-16(11-18(22)21(12)17)15(19)10-13-6-8-14(23-2)9-7-13/h3-11H,1-2H3/b15-10-. The van der Waals surface area contributed by atoms with Gasteiger partial charge < -0.3 is 4.74 Å². The Hall–Kier alpha value is -2.59. The maximum Gasteiger partial charge on any atom is 0.258 e. The summed E-state index contributed by atoms with van der Waals surface area (Å²) < 4.78 is 6.68. The Morgan fingerprint density at radius 1 is 1.22 bits per heavy atom. The summed E-state index contributed by atoms with van der Waals surface area (Å²) in [6.07, 6.45) is 1.77. The molecule has 0 bridgehead atoms. The summed E-state index contributed by atoms with van der Waals surface area (Å²) in [6, 6.07) is 14.4. The Bertz CT molecular complexity index is 943. The fraction of sp³-hybridized carbons (Fsp3) is 0.111. The van der Waals surface area contributed by atoms with Gasteiger partial charge in [0.25, 0.3) is 5.56 Å². The quantitative estimate of drug-likeness (QED) is 0.736. The van der Waals surface area contributed by atoms with Crippen LogP contribution in [-0.2, 0) is 0 Å². The predicted octanol–water partition coefficient (Wildman–Crippen LogP) is 3.75. The Labute approximate surface area is 138 Å². The highest BCUT2D eigenvalue weighted by Crippen LogP contribution is 2.21. The molecule has 0 saturated heterocycles. The lowest BCUT2D eigenvalue weighted by Crippen LogP contribution is -2.16. The van der Waals surface area contributed by atoms with Crippen molar-refractivity contribution in [1.82, 2.24) is 9.38 Å². The van der Waals surface area contributed by atoms with Crippen LogP contribution in [0.25, 0.3) is 16.8 Å². The number of halogens is 1. The molecule has 4 nitrogen and oxygen atoms in total. The molecule has 0 radical (unpaired) electrons. The summed E-state index contributed by atoms with van der Waals surface area (Å²) in [4.78, 5) is 16.7. The molecule has 0 N–H and O–H groups in total. The number of ether oxygens (including phenoxy) is 1. The van der Waals surface area contributed by atoms with Crippen molar-refractivity contribution in [3.63, 3.8) is 0 Å². The molecule has 0 aliphatic heterocycles. The van der Waals surface area contributed by atoms with E-state index in [2.05, 4.69) is 4.98 Å². The minimum absolute atomic E-state index is 0.149. The largest absolute Gasteiger partial charge is 0.497 e. The third kappa shape index (κ3) is 3.12. The molecule has 23 heavy (non-hydrogen) atoms. The number of nitrogens with zero attached hydrogens (tertiary/aromatic N) is 2. The smallest absolute Gasteiger partial charge is 0.258 e. The van der Waals surface area contributed by atoms with Crippen LogP contribution in [0.5, 0.6) is 5.75 Å². The van der Waals surface area contributed by atoms with E-state index in [1.807, 2.05) is 43.3 Å². The first-order chi connectivity index (χ1) is 11.1. The van der Waals surface area contributed by atoms with Crippen molar-refractivity contribution in [3.05, 3.63) is 75.8 Å². The number of benzene rings is 1. The fourth-order valence-electron chi connectivity index (χ4n) is 2.36. The molecule has 0 saturated carbocycles. The van der Waals surface area contributed by atoms with Crippen LogP contribution in [-0.4, -0.2) is 16.5 Å². The molecule has 2 heterocycles. The van der Waals surface area contributed by atoms with Crippen LogP contribution in [0.15, 0.2) is 53.3 Å². The van der Waals surface area contributed by atoms with Crippen molar-refractivity contribution < 1.29 is 4.74 Å². The highest BCUT2D eigenvalue weighted by molar-refractivity contribution is 6.51. The zero-order valence-electron chi connectivity index (χ0n) is 12.8. The highest BCUT2D eigenvalue weighted by atomic mass is 35.5. The molecular formula is C18H15ClN2O2. The monoisotopic (exact) mass is 326 g/mol. The Kier molecular flexibility index (Phi) is 4.17. The Morgan fingerprint density at radius 2 is 1.96 bits per heavy atom. The van der Waals surface area contributed by atoms with Crippen LogP contribution >= 0.6 is 11.6 Å². The van der Waals surface area contributed by atoms with Crippen LogP contribution in [0.1, 0.15) is 17.0 Å². The van der Waals surface area contributed by atoms with Gasteiger partial charge in [-0.3, -0.25) is 9.20 Å². The highest BCUT2D eigenvalue weighted by Gasteiger charge is 2.07. The molecule has 3 rings (SSSR count). The molecule has 116 valence electrons. The van der Waals surface area contributed by atoms with Crippen LogP contribution in [0.3, 0.4) is 0 Å². The average molecular weight is 327 g/mol. The molecule has 5 heteroatoms. The first-order valence-electron chi connectivity index (χ1n) is 7.09. The molecule has 0 atom stereocenters.